The summed E-state index contributed by atoms with van der Waals surface area (Å²) in [6, 6.07) is 15.7. The quantitative estimate of drug-likeness (QED) is 0.545. The maximum Gasteiger partial charge on any atom is 0.0500 e. The minimum Gasteiger partial charge on any atom is -0.354 e. The number of hydrogen-bond donors (Lipinski definition) is 1. The van der Waals surface area contributed by atoms with Gasteiger partial charge in [-0.05, 0) is 24.6 Å². The highest BCUT2D eigenvalue weighted by Gasteiger charge is 2.03. The van der Waals surface area contributed by atoms with Crippen molar-refractivity contribution < 1.29 is 0 Å². The van der Waals surface area contributed by atoms with E-state index in [0.717, 1.165) is 0 Å². The first-order chi connectivity index (χ1) is 6.86. The Hall–Kier alpha value is -1.76. The monoisotopic (exact) mass is 180 g/mol. The van der Waals surface area contributed by atoms with Crippen molar-refractivity contribution in [2.45, 2.75) is 6.92 Å². The van der Waals surface area contributed by atoms with E-state index in [2.05, 4.69) is 48.3 Å². The fourth-order valence-corrected chi connectivity index (χ4v) is 1.95. The minimum absolute atomic E-state index is 1.18. The van der Waals surface area contributed by atoms with Gasteiger partial charge >= 0.3 is 0 Å². The minimum atomic E-state index is 1.18. The molecule has 0 aliphatic carbocycles. The lowest BCUT2D eigenvalue weighted by atomic mass is 10.1. The van der Waals surface area contributed by atoms with Crippen molar-refractivity contribution in [3.8, 4) is 0 Å². The molecule has 3 aromatic rings. The summed E-state index contributed by atoms with van der Waals surface area (Å²) < 4.78 is 0. The van der Waals surface area contributed by atoms with Crippen molar-refractivity contribution in [3.63, 3.8) is 0 Å². The average molecular weight is 180 g/mol. The second kappa shape index (κ2) is 2.61. The molecule has 67 valence electrons. The van der Waals surface area contributed by atoms with Crippen molar-refractivity contribution in [3.05, 3.63) is 48.0 Å². The van der Waals surface area contributed by atoms with Gasteiger partial charge in [-0.1, -0.05) is 30.3 Å². The van der Waals surface area contributed by atoms with Crippen LogP contribution in [0.25, 0.3) is 21.8 Å². The smallest absolute Gasteiger partial charge is 0.0500 e. The zero-order valence-corrected chi connectivity index (χ0v) is 7.96. The van der Waals surface area contributed by atoms with Crippen molar-refractivity contribution in [2.75, 3.05) is 0 Å². The van der Waals surface area contributed by atoms with Crippen molar-refractivity contribution in [1.82, 2.24) is 4.98 Å². The standard InChI is InChI=1S/C13H10N/c1-9-5-4-7-11-10-6-2-3-8-12(10)14-13(9)11/h2-4,6-8,14H,1H3. The molecule has 1 aromatic heterocycles. The van der Waals surface area contributed by atoms with Crippen LogP contribution in [0.1, 0.15) is 5.56 Å². The van der Waals surface area contributed by atoms with Gasteiger partial charge in [0.1, 0.15) is 0 Å². The summed E-state index contributed by atoms with van der Waals surface area (Å²) in [5.74, 6) is 0. The zero-order valence-electron chi connectivity index (χ0n) is 7.96. The molecule has 1 N–H and O–H groups in total. The van der Waals surface area contributed by atoms with E-state index in [-0.39, 0.29) is 0 Å². The van der Waals surface area contributed by atoms with E-state index in [1.807, 2.05) is 6.07 Å². The Morgan fingerprint density at radius 3 is 2.86 bits per heavy atom. The van der Waals surface area contributed by atoms with Gasteiger partial charge in [0.15, 0.2) is 0 Å². The molecular weight excluding hydrogens is 170 g/mol. The molecular formula is C13H10N. The number of aryl methyl sites for hydroxylation is 1. The molecule has 2 aromatic carbocycles. The molecule has 0 saturated carbocycles. The highest BCUT2D eigenvalue weighted by molar-refractivity contribution is 6.07. The van der Waals surface area contributed by atoms with Crippen LogP contribution in [0.2, 0.25) is 0 Å². The lowest BCUT2D eigenvalue weighted by Gasteiger charge is -1.92. The van der Waals surface area contributed by atoms with E-state index in [1.165, 1.54) is 27.4 Å². The van der Waals surface area contributed by atoms with Crippen LogP contribution in [0.5, 0.6) is 0 Å². The normalized spacial score (nSPS) is 11.2. The third kappa shape index (κ3) is 0.896. The Morgan fingerprint density at radius 2 is 1.93 bits per heavy atom. The Labute approximate surface area is 82.4 Å². The summed E-state index contributed by atoms with van der Waals surface area (Å²) in [4.78, 5) is 3.42. The molecule has 1 radical (unpaired) electrons. The summed E-state index contributed by atoms with van der Waals surface area (Å²) in [7, 11) is 0. The van der Waals surface area contributed by atoms with Gasteiger partial charge in [0.25, 0.3) is 0 Å². The fourth-order valence-electron chi connectivity index (χ4n) is 1.95. The van der Waals surface area contributed by atoms with E-state index < -0.39 is 0 Å². The molecule has 0 amide bonds. The SMILES string of the molecule is Cc1[c]ccc2c1[nH]c1ccccc12. The fraction of sp³-hybridized carbons (Fsp3) is 0.0769. The lowest BCUT2D eigenvalue weighted by Crippen LogP contribution is -1.74. The van der Waals surface area contributed by atoms with Crippen molar-refractivity contribution in [1.29, 1.82) is 0 Å². The summed E-state index contributed by atoms with van der Waals surface area (Å²) >= 11 is 0. The summed E-state index contributed by atoms with van der Waals surface area (Å²) in [5.41, 5.74) is 3.58. The summed E-state index contributed by atoms with van der Waals surface area (Å²) in [6.07, 6.45) is 0. The number of H-pyrrole nitrogens is 1. The average Bonchev–Trinajstić information content (AvgIpc) is 2.59. The van der Waals surface area contributed by atoms with Gasteiger partial charge < -0.3 is 4.98 Å². The van der Waals surface area contributed by atoms with Gasteiger partial charge in [0, 0.05) is 16.3 Å². The zero-order chi connectivity index (χ0) is 9.54. The van der Waals surface area contributed by atoms with E-state index in [9.17, 15) is 0 Å². The largest absolute Gasteiger partial charge is 0.354 e. The molecule has 0 bridgehead atoms. The second-order valence-corrected chi connectivity index (χ2v) is 3.56. The van der Waals surface area contributed by atoms with Crippen molar-refractivity contribution in [2.24, 2.45) is 0 Å². The molecule has 1 heteroatoms. The molecule has 0 saturated heterocycles. The summed E-state index contributed by atoms with van der Waals surface area (Å²) in [6.45, 7) is 2.08. The molecule has 0 atom stereocenters. The molecule has 1 nitrogen and oxygen atoms in total. The van der Waals surface area contributed by atoms with Gasteiger partial charge in [0.05, 0.1) is 5.52 Å². The van der Waals surface area contributed by atoms with Crippen molar-refractivity contribution >= 4 is 21.8 Å². The lowest BCUT2D eigenvalue weighted by molar-refractivity contribution is 1.45. The number of nitrogens with one attached hydrogen (secondary N) is 1. The summed E-state index contributed by atoms with van der Waals surface area (Å²) in [5, 5.41) is 2.58. The third-order valence-corrected chi connectivity index (χ3v) is 2.67. The highest BCUT2D eigenvalue weighted by Crippen LogP contribution is 2.26. The predicted molar refractivity (Wildman–Crippen MR) is 59.4 cm³/mol. The predicted octanol–water partition coefficient (Wildman–Crippen LogP) is 3.43. The molecule has 0 unspecified atom stereocenters. The number of benzene rings is 2. The Kier molecular flexibility index (Phi) is 1.42. The van der Waals surface area contributed by atoms with E-state index >= 15 is 0 Å². The van der Waals surface area contributed by atoms with E-state index in [4.69, 9.17) is 0 Å². The molecule has 14 heavy (non-hydrogen) atoms. The van der Waals surface area contributed by atoms with Crippen LogP contribution in [-0.4, -0.2) is 4.98 Å². The first-order valence-corrected chi connectivity index (χ1v) is 4.74. The van der Waals surface area contributed by atoms with Crippen LogP contribution in [0.3, 0.4) is 0 Å². The number of aromatic amines is 1. The Balaban J connectivity index is 2.63. The maximum absolute atomic E-state index is 3.42. The number of hydrogen-bond acceptors (Lipinski definition) is 0. The van der Waals surface area contributed by atoms with Gasteiger partial charge in [-0.25, -0.2) is 0 Å². The van der Waals surface area contributed by atoms with Gasteiger partial charge in [-0.3, -0.25) is 0 Å². The van der Waals surface area contributed by atoms with Gasteiger partial charge in [0.2, 0.25) is 0 Å². The van der Waals surface area contributed by atoms with E-state index in [1.54, 1.807) is 0 Å². The molecule has 3 rings (SSSR count). The Bertz CT molecular complexity index is 605. The topological polar surface area (TPSA) is 15.8 Å². The number of para-hydroxylation sites is 1. The first-order valence-electron chi connectivity index (χ1n) is 4.74. The third-order valence-electron chi connectivity index (χ3n) is 2.67. The van der Waals surface area contributed by atoms with Crippen LogP contribution in [0.4, 0.5) is 0 Å². The van der Waals surface area contributed by atoms with Gasteiger partial charge in [-0.2, -0.15) is 0 Å². The molecule has 0 aliphatic heterocycles. The van der Waals surface area contributed by atoms with Crippen LogP contribution >= 0.6 is 0 Å². The number of aromatic nitrogens is 1. The highest BCUT2D eigenvalue weighted by atomic mass is 14.7. The number of rotatable bonds is 0. The van der Waals surface area contributed by atoms with Crippen LogP contribution in [0.15, 0.2) is 36.4 Å². The number of fused-ring (bicyclic) bond motifs is 3. The molecule has 0 aliphatic rings. The molecule has 0 spiro atoms. The first kappa shape index (κ1) is 7.63. The maximum atomic E-state index is 3.42. The Morgan fingerprint density at radius 1 is 1.07 bits per heavy atom. The molecule has 0 fully saturated rings. The van der Waals surface area contributed by atoms with Gasteiger partial charge in [-0.15, -0.1) is 0 Å². The van der Waals surface area contributed by atoms with Crippen LogP contribution in [-0.2, 0) is 0 Å². The second-order valence-electron chi connectivity index (χ2n) is 3.56. The van der Waals surface area contributed by atoms with Crippen LogP contribution in [0, 0.1) is 13.0 Å². The van der Waals surface area contributed by atoms with E-state index in [0.29, 0.717) is 0 Å². The molecule has 1 heterocycles. The van der Waals surface area contributed by atoms with Crippen LogP contribution < -0.4 is 0 Å².